The molecule has 1 rings (SSSR count). The molecule has 0 amide bonds. The van der Waals surface area contributed by atoms with Crippen LogP contribution in [-0.4, -0.2) is 37.2 Å². The maximum Gasteiger partial charge on any atom is 0.120 e. The molecule has 1 atom stereocenters. The van der Waals surface area contributed by atoms with Crippen molar-refractivity contribution in [2.75, 3.05) is 27.2 Å². The largest absolute Gasteiger partial charge is 0.508 e. The van der Waals surface area contributed by atoms with Crippen molar-refractivity contribution in [2.45, 2.75) is 25.8 Å². The van der Waals surface area contributed by atoms with E-state index in [2.05, 4.69) is 47.2 Å². The highest BCUT2D eigenvalue weighted by Gasteiger charge is 2.13. The SMILES string of the molecule is CCC(NCCCN(C)C)c1cc(Br)ccc1O. The number of rotatable bonds is 7. The Morgan fingerprint density at radius 1 is 1.39 bits per heavy atom. The first-order chi connectivity index (χ1) is 8.54. The molecule has 0 aromatic heterocycles. The Bertz CT molecular complexity index is 369. The number of phenols is 1. The third kappa shape index (κ3) is 4.96. The molecule has 0 saturated heterocycles. The number of aromatic hydroxyl groups is 1. The van der Waals surface area contributed by atoms with Crippen molar-refractivity contribution in [1.29, 1.82) is 0 Å². The lowest BCUT2D eigenvalue weighted by Crippen LogP contribution is -2.25. The summed E-state index contributed by atoms with van der Waals surface area (Å²) in [4.78, 5) is 2.18. The molecule has 0 aliphatic carbocycles. The fraction of sp³-hybridized carbons (Fsp3) is 0.571. The Kier molecular flexibility index (Phi) is 6.68. The molecule has 0 radical (unpaired) electrons. The van der Waals surface area contributed by atoms with E-state index < -0.39 is 0 Å². The van der Waals surface area contributed by atoms with Gasteiger partial charge in [-0.15, -0.1) is 0 Å². The number of hydrogen-bond acceptors (Lipinski definition) is 3. The van der Waals surface area contributed by atoms with Crippen LogP contribution in [0.1, 0.15) is 31.4 Å². The van der Waals surface area contributed by atoms with E-state index in [1.807, 2.05) is 12.1 Å². The van der Waals surface area contributed by atoms with Gasteiger partial charge in [0.15, 0.2) is 0 Å². The number of halogens is 1. The Labute approximate surface area is 118 Å². The number of benzene rings is 1. The molecule has 0 heterocycles. The minimum absolute atomic E-state index is 0.213. The van der Waals surface area contributed by atoms with Gasteiger partial charge in [-0.25, -0.2) is 0 Å². The highest BCUT2D eigenvalue weighted by atomic mass is 79.9. The molecule has 102 valence electrons. The minimum atomic E-state index is 0.213. The Morgan fingerprint density at radius 2 is 2.11 bits per heavy atom. The summed E-state index contributed by atoms with van der Waals surface area (Å²) in [6, 6.07) is 5.80. The summed E-state index contributed by atoms with van der Waals surface area (Å²) in [7, 11) is 4.16. The first kappa shape index (κ1) is 15.5. The summed E-state index contributed by atoms with van der Waals surface area (Å²) in [5.74, 6) is 0.366. The maximum absolute atomic E-state index is 9.91. The molecule has 0 aliphatic heterocycles. The molecule has 0 aliphatic rings. The van der Waals surface area contributed by atoms with E-state index in [-0.39, 0.29) is 6.04 Å². The molecule has 1 aromatic carbocycles. The second kappa shape index (κ2) is 7.77. The van der Waals surface area contributed by atoms with E-state index in [1.165, 1.54) is 0 Å². The summed E-state index contributed by atoms with van der Waals surface area (Å²) in [6.07, 6.45) is 2.07. The molecule has 3 nitrogen and oxygen atoms in total. The minimum Gasteiger partial charge on any atom is -0.508 e. The number of nitrogens with one attached hydrogen (secondary N) is 1. The molecule has 0 bridgehead atoms. The van der Waals surface area contributed by atoms with Crippen molar-refractivity contribution in [3.63, 3.8) is 0 Å². The normalized spacial score (nSPS) is 12.9. The van der Waals surface area contributed by atoms with Crippen LogP contribution in [0.5, 0.6) is 5.75 Å². The van der Waals surface area contributed by atoms with Gasteiger partial charge < -0.3 is 15.3 Å². The Morgan fingerprint density at radius 3 is 2.72 bits per heavy atom. The van der Waals surface area contributed by atoms with Crippen LogP contribution in [0, 0.1) is 0 Å². The lowest BCUT2D eigenvalue weighted by atomic mass is 10.0. The lowest BCUT2D eigenvalue weighted by Gasteiger charge is -2.19. The quantitative estimate of drug-likeness (QED) is 0.759. The standard InChI is InChI=1S/C14H23BrN2O/c1-4-13(16-8-5-9-17(2)3)12-10-11(15)6-7-14(12)18/h6-7,10,13,16,18H,4-5,8-9H2,1-3H3. The summed E-state index contributed by atoms with van der Waals surface area (Å²) in [5, 5.41) is 13.4. The zero-order valence-corrected chi connectivity index (χ0v) is 13.0. The van der Waals surface area contributed by atoms with Crippen LogP contribution < -0.4 is 5.32 Å². The Hall–Kier alpha value is -0.580. The van der Waals surface area contributed by atoms with E-state index in [9.17, 15) is 5.11 Å². The van der Waals surface area contributed by atoms with Crippen molar-refractivity contribution in [3.05, 3.63) is 28.2 Å². The third-order valence-electron chi connectivity index (χ3n) is 2.95. The topological polar surface area (TPSA) is 35.5 Å². The predicted octanol–water partition coefficient (Wildman–Crippen LogP) is 3.15. The van der Waals surface area contributed by atoms with Gasteiger partial charge in [0.2, 0.25) is 0 Å². The van der Waals surface area contributed by atoms with Gasteiger partial charge >= 0.3 is 0 Å². The highest BCUT2D eigenvalue weighted by molar-refractivity contribution is 9.10. The first-order valence-electron chi connectivity index (χ1n) is 6.41. The second-order valence-corrected chi connectivity index (χ2v) is 5.69. The molecule has 0 fully saturated rings. The van der Waals surface area contributed by atoms with Crippen LogP contribution in [-0.2, 0) is 0 Å². The van der Waals surface area contributed by atoms with E-state index in [0.29, 0.717) is 5.75 Å². The monoisotopic (exact) mass is 314 g/mol. The second-order valence-electron chi connectivity index (χ2n) is 4.77. The first-order valence-corrected chi connectivity index (χ1v) is 7.20. The van der Waals surface area contributed by atoms with Crippen LogP contribution in [0.3, 0.4) is 0 Å². The van der Waals surface area contributed by atoms with Gasteiger partial charge in [0.1, 0.15) is 5.75 Å². The fourth-order valence-corrected chi connectivity index (χ4v) is 2.33. The molecule has 4 heteroatoms. The number of hydrogen-bond donors (Lipinski definition) is 2. The van der Waals surface area contributed by atoms with Crippen molar-refractivity contribution in [2.24, 2.45) is 0 Å². The average molecular weight is 315 g/mol. The Balaban J connectivity index is 2.57. The maximum atomic E-state index is 9.91. The van der Waals surface area contributed by atoms with Gasteiger partial charge in [0.25, 0.3) is 0 Å². The predicted molar refractivity (Wildman–Crippen MR) is 80.0 cm³/mol. The zero-order valence-electron chi connectivity index (χ0n) is 11.4. The molecule has 1 unspecified atom stereocenters. The van der Waals surface area contributed by atoms with E-state index in [0.717, 1.165) is 36.0 Å². The summed E-state index contributed by atoms with van der Waals surface area (Å²) in [6.45, 7) is 4.17. The summed E-state index contributed by atoms with van der Waals surface area (Å²) >= 11 is 3.45. The van der Waals surface area contributed by atoms with E-state index in [1.54, 1.807) is 6.07 Å². The van der Waals surface area contributed by atoms with Crippen molar-refractivity contribution in [3.8, 4) is 5.75 Å². The number of nitrogens with zero attached hydrogens (tertiary/aromatic N) is 1. The van der Waals surface area contributed by atoms with Crippen LogP contribution in [0.4, 0.5) is 0 Å². The molecule has 0 saturated carbocycles. The summed E-state index contributed by atoms with van der Waals surface area (Å²) in [5.41, 5.74) is 0.969. The van der Waals surface area contributed by atoms with Crippen LogP contribution >= 0.6 is 15.9 Å². The van der Waals surface area contributed by atoms with Gasteiger partial charge in [0, 0.05) is 16.1 Å². The third-order valence-corrected chi connectivity index (χ3v) is 3.44. The van der Waals surface area contributed by atoms with Gasteiger partial charge in [0.05, 0.1) is 0 Å². The zero-order chi connectivity index (χ0) is 13.5. The van der Waals surface area contributed by atoms with Gasteiger partial charge in [-0.1, -0.05) is 22.9 Å². The van der Waals surface area contributed by atoms with Gasteiger partial charge in [-0.3, -0.25) is 0 Å². The van der Waals surface area contributed by atoms with Gasteiger partial charge in [-0.2, -0.15) is 0 Å². The molecule has 18 heavy (non-hydrogen) atoms. The van der Waals surface area contributed by atoms with E-state index in [4.69, 9.17) is 0 Å². The molecule has 1 aromatic rings. The van der Waals surface area contributed by atoms with E-state index >= 15 is 0 Å². The smallest absolute Gasteiger partial charge is 0.120 e. The molecular formula is C14H23BrN2O. The summed E-state index contributed by atoms with van der Waals surface area (Å²) < 4.78 is 1.00. The van der Waals surface area contributed by atoms with Crippen molar-refractivity contribution < 1.29 is 5.11 Å². The van der Waals surface area contributed by atoms with Crippen LogP contribution in [0.25, 0.3) is 0 Å². The van der Waals surface area contributed by atoms with Crippen molar-refractivity contribution in [1.82, 2.24) is 10.2 Å². The average Bonchev–Trinajstić information content (AvgIpc) is 2.33. The molecule has 2 N–H and O–H groups in total. The van der Waals surface area contributed by atoms with Gasteiger partial charge in [-0.05, 0) is 58.2 Å². The fourth-order valence-electron chi connectivity index (χ4n) is 1.95. The van der Waals surface area contributed by atoms with Crippen molar-refractivity contribution >= 4 is 15.9 Å². The molecule has 0 spiro atoms. The molecular weight excluding hydrogens is 292 g/mol. The number of phenolic OH excluding ortho intramolecular Hbond substituents is 1. The van der Waals surface area contributed by atoms with Crippen LogP contribution in [0.2, 0.25) is 0 Å². The van der Waals surface area contributed by atoms with Crippen LogP contribution in [0.15, 0.2) is 22.7 Å². The lowest BCUT2D eigenvalue weighted by molar-refractivity contribution is 0.382. The highest BCUT2D eigenvalue weighted by Crippen LogP contribution is 2.29.